The summed E-state index contributed by atoms with van der Waals surface area (Å²) < 4.78 is 1.40. The molecule has 31 heavy (non-hydrogen) atoms. The highest BCUT2D eigenvalue weighted by Crippen LogP contribution is 2.35. The number of aromatic nitrogens is 2. The Bertz CT molecular complexity index is 1250. The number of nitrogens with one attached hydrogen (secondary N) is 1. The molecule has 0 aliphatic carbocycles. The van der Waals surface area contributed by atoms with E-state index in [9.17, 15) is 9.59 Å². The van der Waals surface area contributed by atoms with Crippen molar-refractivity contribution in [3.63, 3.8) is 0 Å². The summed E-state index contributed by atoms with van der Waals surface area (Å²) in [4.78, 5) is 31.9. The van der Waals surface area contributed by atoms with E-state index in [2.05, 4.69) is 29.4 Å². The smallest absolute Gasteiger partial charge is 0.262 e. The Morgan fingerprint density at radius 1 is 1.10 bits per heavy atom. The maximum absolute atomic E-state index is 13.1. The van der Waals surface area contributed by atoms with Crippen LogP contribution in [0.25, 0.3) is 20.7 Å². The molecule has 0 fully saturated rings. The monoisotopic (exact) mass is 431 g/mol. The Morgan fingerprint density at radius 2 is 1.77 bits per heavy atom. The van der Waals surface area contributed by atoms with Gasteiger partial charge in [-0.1, -0.05) is 67.6 Å². The van der Waals surface area contributed by atoms with Crippen LogP contribution in [0.5, 0.6) is 0 Å². The molecule has 0 bridgehead atoms. The van der Waals surface area contributed by atoms with Crippen LogP contribution in [0.15, 0.2) is 71.8 Å². The van der Waals surface area contributed by atoms with E-state index in [1.54, 1.807) is 0 Å². The number of fused-ring (bicyclic) bond motifs is 1. The average molecular weight is 432 g/mol. The van der Waals surface area contributed by atoms with E-state index in [-0.39, 0.29) is 23.9 Å². The van der Waals surface area contributed by atoms with Crippen molar-refractivity contribution in [3.05, 3.63) is 88.5 Å². The third-order valence-electron chi connectivity index (χ3n) is 5.58. The molecule has 0 saturated heterocycles. The van der Waals surface area contributed by atoms with Gasteiger partial charge in [0.1, 0.15) is 11.4 Å². The summed E-state index contributed by atoms with van der Waals surface area (Å²) in [6, 6.07) is 20.1. The first-order valence-corrected chi connectivity index (χ1v) is 11.3. The minimum atomic E-state index is -0.186. The zero-order valence-corrected chi connectivity index (χ0v) is 18.5. The van der Waals surface area contributed by atoms with Gasteiger partial charge in [0.05, 0.1) is 11.7 Å². The summed E-state index contributed by atoms with van der Waals surface area (Å²) in [6.45, 7) is 4.55. The molecule has 2 aromatic heterocycles. The standard InChI is InChI=1S/C25H25N3O2S/c1-3-18(19-10-6-4-7-11-19)14-26-21(29)15-28-16-27-24-22(25(28)30)17(2)23(31-24)20-12-8-5-9-13-20/h4-13,16,18H,3,14-15H2,1-2H3,(H,26,29). The number of amides is 1. The molecule has 4 aromatic rings. The van der Waals surface area contributed by atoms with Crippen molar-refractivity contribution >= 4 is 27.5 Å². The predicted octanol–water partition coefficient (Wildman–Crippen LogP) is 4.74. The van der Waals surface area contributed by atoms with E-state index in [1.165, 1.54) is 27.8 Å². The fraction of sp³-hybridized carbons (Fsp3) is 0.240. The van der Waals surface area contributed by atoms with Crippen molar-refractivity contribution in [1.82, 2.24) is 14.9 Å². The van der Waals surface area contributed by atoms with Crippen molar-refractivity contribution in [3.8, 4) is 10.4 Å². The van der Waals surface area contributed by atoms with E-state index >= 15 is 0 Å². The summed E-state index contributed by atoms with van der Waals surface area (Å²) >= 11 is 1.51. The molecule has 0 aliphatic rings. The molecule has 6 heteroatoms. The average Bonchev–Trinajstić information content (AvgIpc) is 3.14. The molecule has 1 amide bonds. The van der Waals surface area contributed by atoms with Crippen LogP contribution in [-0.2, 0) is 11.3 Å². The highest BCUT2D eigenvalue weighted by molar-refractivity contribution is 7.22. The Balaban J connectivity index is 1.52. The van der Waals surface area contributed by atoms with Crippen molar-refractivity contribution in [1.29, 1.82) is 0 Å². The maximum atomic E-state index is 13.1. The summed E-state index contributed by atoms with van der Waals surface area (Å²) in [7, 11) is 0. The second-order valence-electron chi connectivity index (χ2n) is 7.60. The number of benzene rings is 2. The van der Waals surface area contributed by atoms with Crippen LogP contribution in [0.1, 0.15) is 30.4 Å². The quantitative estimate of drug-likeness (QED) is 0.460. The molecule has 2 heterocycles. The number of carbonyl (C=O) groups excluding carboxylic acids is 1. The number of nitrogens with zero attached hydrogens (tertiary/aromatic N) is 2. The molecule has 1 atom stereocenters. The van der Waals surface area contributed by atoms with E-state index in [0.717, 1.165) is 22.4 Å². The van der Waals surface area contributed by atoms with Crippen molar-refractivity contribution in [2.75, 3.05) is 6.54 Å². The second-order valence-corrected chi connectivity index (χ2v) is 8.60. The molecule has 158 valence electrons. The third kappa shape index (κ3) is 4.44. The number of hydrogen-bond donors (Lipinski definition) is 1. The van der Waals surface area contributed by atoms with Crippen LogP contribution in [0, 0.1) is 6.92 Å². The van der Waals surface area contributed by atoms with E-state index < -0.39 is 0 Å². The normalized spacial score (nSPS) is 12.1. The molecular formula is C25H25N3O2S. The van der Waals surface area contributed by atoms with Crippen molar-refractivity contribution < 1.29 is 4.79 Å². The van der Waals surface area contributed by atoms with E-state index in [4.69, 9.17) is 0 Å². The fourth-order valence-electron chi connectivity index (χ4n) is 3.81. The van der Waals surface area contributed by atoms with Gasteiger partial charge >= 0.3 is 0 Å². The zero-order chi connectivity index (χ0) is 21.8. The summed E-state index contributed by atoms with van der Waals surface area (Å²) in [5.41, 5.74) is 3.01. The minimum absolute atomic E-state index is 0.0387. The van der Waals surface area contributed by atoms with Gasteiger partial charge in [0.15, 0.2) is 0 Å². The highest BCUT2D eigenvalue weighted by atomic mass is 32.1. The summed E-state index contributed by atoms with van der Waals surface area (Å²) in [6.07, 6.45) is 2.40. The molecule has 4 rings (SSSR count). The van der Waals surface area contributed by atoms with Gasteiger partial charge in [-0.15, -0.1) is 11.3 Å². The van der Waals surface area contributed by atoms with Gasteiger partial charge in [0.2, 0.25) is 5.91 Å². The molecule has 0 saturated carbocycles. The summed E-state index contributed by atoms with van der Waals surface area (Å²) in [5.74, 6) is 0.0591. The van der Waals surface area contributed by atoms with Gasteiger partial charge in [-0.3, -0.25) is 14.2 Å². The van der Waals surface area contributed by atoms with Crippen LogP contribution in [-0.4, -0.2) is 22.0 Å². The Morgan fingerprint density at radius 3 is 2.45 bits per heavy atom. The molecule has 1 unspecified atom stereocenters. The predicted molar refractivity (Wildman–Crippen MR) is 127 cm³/mol. The first kappa shape index (κ1) is 21.0. The SMILES string of the molecule is CCC(CNC(=O)Cn1cnc2sc(-c3ccccc3)c(C)c2c1=O)c1ccccc1. The van der Waals surface area contributed by atoms with Gasteiger partial charge in [0.25, 0.3) is 5.56 Å². The molecule has 0 radical (unpaired) electrons. The first-order valence-electron chi connectivity index (χ1n) is 10.4. The fourth-order valence-corrected chi connectivity index (χ4v) is 4.95. The van der Waals surface area contributed by atoms with Crippen LogP contribution in [0.3, 0.4) is 0 Å². The molecule has 0 aliphatic heterocycles. The molecule has 0 spiro atoms. The van der Waals surface area contributed by atoms with Gasteiger partial charge in [-0.25, -0.2) is 4.98 Å². The van der Waals surface area contributed by atoms with Gasteiger partial charge in [-0.2, -0.15) is 0 Å². The van der Waals surface area contributed by atoms with Crippen molar-refractivity contribution in [2.45, 2.75) is 32.7 Å². The molecule has 2 aromatic carbocycles. The zero-order valence-electron chi connectivity index (χ0n) is 17.7. The number of thiophene rings is 1. The van der Waals surface area contributed by atoms with E-state index in [0.29, 0.717) is 16.8 Å². The second kappa shape index (κ2) is 9.27. The molecule has 5 nitrogen and oxygen atoms in total. The number of rotatable bonds is 7. The molecular weight excluding hydrogens is 406 g/mol. The Labute approximate surface area is 185 Å². The lowest BCUT2D eigenvalue weighted by molar-refractivity contribution is -0.121. The molecule has 1 N–H and O–H groups in total. The third-order valence-corrected chi connectivity index (χ3v) is 6.83. The highest BCUT2D eigenvalue weighted by Gasteiger charge is 2.17. The Hall–Kier alpha value is -3.25. The van der Waals surface area contributed by atoms with Crippen LogP contribution < -0.4 is 10.9 Å². The summed E-state index contributed by atoms with van der Waals surface area (Å²) in [5, 5.41) is 3.57. The number of carbonyl (C=O) groups is 1. The van der Waals surface area contributed by atoms with Gasteiger partial charge in [-0.05, 0) is 30.0 Å². The largest absolute Gasteiger partial charge is 0.354 e. The lowest BCUT2D eigenvalue weighted by atomic mass is 9.96. The van der Waals surface area contributed by atoms with Gasteiger partial charge < -0.3 is 5.32 Å². The van der Waals surface area contributed by atoms with E-state index in [1.807, 2.05) is 55.5 Å². The number of aryl methyl sites for hydroxylation is 1. The lowest BCUT2D eigenvalue weighted by Gasteiger charge is -2.16. The Kier molecular flexibility index (Phi) is 6.28. The van der Waals surface area contributed by atoms with Crippen molar-refractivity contribution in [2.24, 2.45) is 0 Å². The van der Waals surface area contributed by atoms with Crippen LogP contribution in [0.2, 0.25) is 0 Å². The van der Waals surface area contributed by atoms with Gasteiger partial charge in [0, 0.05) is 17.3 Å². The topological polar surface area (TPSA) is 64.0 Å². The van der Waals surface area contributed by atoms with Crippen LogP contribution in [0.4, 0.5) is 0 Å². The first-order chi connectivity index (χ1) is 15.1. The lowest BCUT2D eigenvalue weighted by Crippen LogP contribution is -2.34. The minimum Gasteiger partial charge on any atom is -0.354 e. The number of hydrogen-bond acceptors (Lipinski definition) is 4. The maximum Gasteiger partial charge on any atom is 0.262 e. The van der Waals surface area contributed by atoms with Crippen LogP contribution >= 0.6 is 11.3 Å².